The fraction of sp³-hybridized carbons (Fsp3) is 0.391. The van der Waals surface area contributed by atoms with Crippen molar-refractivity contribution in [3.63, 3.8) is 0 Å². The van der Waals surface area contributed by atoms with E-state index in [-0.39, 0.29) is 24.1 Å². The maximum absolute atomic E-state index is 13.1. The summed E-state index contributed by atoms with van der Waals surface area (Å²) in [6, 6.07) is 12.7. The fourth-order valence-corrected chi connectivity index (χ4v) is 4.25. The first kappa shape index (κ1) is 26.0. The molecule has 0 aliphatic rings. The van der Waals surface area contributed by atoms with Gasteiger partial charge in [0.15, 0.2) is 0 Å². The van der Waals surface area contributed by atoms with Crippen LogP contribution in [0.25, 0.3) is 0 Å². The van der Waals surface area contributed by atoms with Gasteiger partial charge in [-0.15, -0.1) is 11.8 Å². The van der Waals surface area contributed by atoms with Gasteiger partial charge in [-0.3, -0.25) is 9.59 Å². The number of rotatable bonds is 10. The minimum atomic E-state index is -0.603. The SMILES string of the molecule is CC(C)CNC(=O)[C@@H](C)N(Cc1ccc(Cl)c(Cl)c1)C(=O)CSCc1ccc(Br)cc1. The minimum absolute atomic E-state index is 0.0969. The predicted molar refractivity (Wildman–Crippen MR) is 135 cm³/mol. The van der Waals surface area contributed by atoms with Crippen molar-refractivity contribution in [2.24, 2.45) is 5.92 Å². The summed E-state index contributed by atoms with van der Waals surface area (Å²) >= 11 is 17.1. The number of nitrogens with zero attached hydrogens (tertiary/aromatic N) is 1. The number of carbonyl (C=O) groups excluding carboxylic acids is 2. The average molecular weight is 546 g/mol. The first-order valence-corrected chi connectivity index (χ1v) is 12.7. The number of nitrogens with one attached hydrogen (secondary N) is 1. The Kier molecular flexibility index (Phi) is 10.7. The summed E-state index contributed by atoms with van der Waals surface area (Å²) in [4.78, 5) is 27.4. The number of benzene rings is 2. The van der Waals surface area contributed by atoms with E-state index < -0.39 is 6.04 Å². The lowest BCUT2D eigenvalue weighted by atomic mass is 10.1. The molecule has 2 aromatic rings. The van der Waals surface area contributed by atoms with E-state index in [1.165, 1.54) is 11.8 Å². The number of carbonyl (C=O) groups is 2. The van der Waals surface area contributed by atoms with Gasteiger partial charge in [-0.25, -0.2) is 0 Å². The van der Waals surface area contributed by atoms with Gasteiger partial charge >= 0.3 is 0 Å². The molecule has 0 heterocycles. The largest absolute Gasteiger partial charge is 0.354 e. The van der Waals surface area contributed by atoms with E-state index in [1.54, 1.807) is 24.0 Å². The van der Waals surface area contributed by atoms with Crippen LogP contribution in [-0.2, 0) is 21.9 Å². The molecule has 0 bridgehead atoms. The van der Waals surface area contributed by atoms with E-state index in [9.17, 15) is 9.59 Å². The topological polar surface area (TPSA) is 49.4 Å². The molecule has 0 aliphatic heterocycles. The third kappa shape index (κ3) is 8.68. The molecule has 168 valence electrons. The fourth-order valence-electron chi connectivity index (χ4n) is 2.79. The van der Waals surface area contributed by atoms with Crippen LogP contribution in [0, 0.1) is 5.92 Å². The Morgan fingerprint density at radius 2 is 1.68 bits per heavy atom. The molecular weight excluding hydrogens is 519 g/mol. The molecule has 0 saturated heterocycles. The Labute approximate surface area is 207 Å². The highest BCUT2D eigenvalue weighted by atomic mass is 79.9. The second kappa shape index (κ2) is 12.7. The molecule has 2 amide bonds. The van der Waals surface area contributed by atoms with Gasteiger partial charge in [0.2, 0.25) is 11.8 Å². The first-order valence-electron chi connectivity index (χ1n) is 10.0. The zero-order chi connectivity index (χ0) is 23.0. The molecule has 4 nitrogen and oxygen atoms in total. The number of hydrogen-bond acceptors (Lipinski definition) is 3. The Balaban J connectivity index is 2.08. The smallest absolute Gasteiger partial charge is 0.242 e. The number of thioether (sulfide) groups is 1. The highest BCUT2D eigenvalue weighted by Gasteiger charge is 2.26. The molecule has 0 aliphatic carbocycles. The van der Waals surface area contributed by atoms with Crippen LogP contribution in [0.15, 0.2) is 46.9 Å². The maximum Gasteiger partial charge on any atom is 0.242 e. The predicted octanol–water partition coefficient (Wildman–Crippen LogP) is 6.18. The van der Waals surface area contributed by atoms with Gasteiger partial charge in [-0.05, 0) is 48.2 Å². The first-order chi connectivity index (χ1) is 14.7. The molecule has 2 rings (SSSR count). The Hall–Kier alpha value is -1.21. The highest BCUT2D eigenvalue weighted by Crippen LogP contribution is 2.24. The molecule has 1 N–H and O–H groups in total. The van der Waals surface area contributed by atoms with Crippen molar-refractivity contribution in [3.8, 4) is 0 Å². The molecule has 0 unspecified atom stereocenters. The summed E-state index contributed by atoms with van der Waals surface area (Å²) in [5, 5.41) is 3.80. The molecule has 0 spiro atoms. The molecular formula is C23H27BrCl2N2O2S. The van der Waals surface area contributed by atoms with Crippen LogP contribution in [0.1, 0.15) is 31.9 Å². The lowest BCUT2D eigenvalue weighted by Gasteiger charge is -2.29. The lowest BCUT2D eigenvalue weighted by Crippen LogP contribution is -2.48. The molecule has 31 heavy (non-hydrogen) atoms. The average Bonchev–Trinajstić information content (AvgIpc) is 2.73. The van der Waals surface area contributed by atoms with Crippen LogP contribution in [-0.4, -0.2) is 35.1 Å². The van der Waals surface area contributed by atoms with Gasteiger partial charge in [0.1, 0.15) is 6.04 Å². The van der Waals surface area contributed by atoms with Gasteiger partial charge < -0.3 is 10.2 Å². The quantitative estimate of drug-likeness (QED) is 0.388. The van der Waals surface area contributed by atoms with Gasteiger partial charge in [0.05, 0.1) is 15.8 Å². The van der Waals surface area contributed by atoms with Crippen molar-refractivity contribution < 1.29 is 9.59 Å². The zero-order valence-corrected chi connectivity index (χ0v) is 21.7. The van der Waals surface area contributed by atoms with Crippen LogP contribution in [0.4, 0.5) is 0 Å². The molecule has 0 radical (unpaired) electrons. The molecule has 0 aromatic heterocycles. The second-order valence-electron chi connectivity index (χ2n) is 7.70. The van der Waals surface area contributed by atoms with E-state index in [2.05, 4.69) is 21.2 Å². The Bertz CT molecular complexity index is 894. The number of hydrogen-bond donors (Lipinski definition) is 1. The zero-order valence-electron chi connectivity index (χ0n) is 17.8. The monoisotopic (exact) mass is 544 g/mol. The van der Waals surface area contributed by atoms with Gasteiger partial charge in [-0.1, -0.05) is 71.2 Å². The Morgan fingerprint density at radius 3 is 2.29 bits per heavy atom. The molecule has 0 fully saturated rings. The van der Waals surface area contributed by atoms with Gasteiger partial charge in [-0.2, -0.15) is 0 Å². The van der Waals surface area contributed by atoms with Gasteiger partial charge in [0.25, 0.3) is 0 Å². The summed E-state index contributed by atoms with van der Waals surface area (Å²) in [7, 11) is 0. The normalized spacial score (nSPS) is 12.0. The summed E-state index contributed by atoms with van der Waals surface area (Å²) in [6.07, 6.45) is 0. The summed E-state index contributed by atoms with van der Waals surface area (Å²) in [6.45, 7) is 6.66. The maximum atomic E-state index is 13.1. The van der Waals surface area contributed by atoms with E-state index in [0.717, 1.165) is 15.6 Å². The lowest BCUT2D eigenvalue weighted by molar-refractivity contribution is -0.138. The third-order valence-electron chi connectivity index (χ3n) is 4.60. The van der Waals surface area contributed by atoms with Crippen LogP contribution >= 0.6 is 50.9 Å². The van der Waals surface area contributed by atoms with Crippen LogP contribution in [0.2, 0.25) is 10.0 Å². The van der Waals surface area contributed by atoms with Gasteiger partial charge in [0, 0.05) is 23.3 Å². The summed E-state index contributed by atoms with van der Waals surface area (Å²) in [5.74, 6) is 1.06. The number of amides is 2. The van der Waals surface area contributed by atoms with Crippen molar-refractivity contribution in [3.05, 3.63) is 68.1 Å². The van der Waals surface area contributed by atoms with E-state index in [4.69, 9.17) is 23.2 Å². The van der Waals surface area contributed by atoms with Crippen LogP contribution in [0.5, 0.6) is 0 Å². The number of halogens is 3. The molecule has 1 atom stereocenters. The van der Waals surface area contributed by atoms with Crippen molar-refractivity contribution >= 4 is 62.7 Å². The highest BCUT2D eigenvalue weighted by molar-refractivity contribution is 9.10. The van der Waals surface area contributed by atoms with E-state index >= 15 is 0 Å². The summed E-state index contributed by atoms with van der Waals surface area (Å²) < 4.78 is 1.02. The second-order valence-corrected chi connectivity index (χ2v) is 10.4. The summed E-state index contributed by atoms with van der Waals surface area (Å²) in [5.41, 5.74) is 1.96. The van der Waals surface area contributed by atoms with Crippen LogP contribution in [0.3, 0.4) is 0 Å². The molecule has 8 heteroatoms. The van der Waals surface area contributed by atoms with E-state index in [0.29, 0.717) is 28.3 Å². The molecule has 0 saturated carbocycles. The Morgan fingerprint density at radius 1 is 1.03 bits per heavy atom. The van der Waals surface area contributed by atoms with Crippen molar-refractivity contribution in [1.82, 2.24) is 10.2 Å². The van der Waals surface area contributed by atoms with E-state index in [1.807, 2.05) is 44.2 Å². The standard InChI is InChI=1S/C23H27BrCl2N2O2S/c1-15(2)11-27-23(30)16(3)28(12-18-6-9-20(25)21(26)10-18)22(29)14-31-13-17-4-7-19(24)8-5-17/h4-10,15-16H,11-14H2,1-3H3,(H,27,30)/t16-/m1/s1. The van der Waals surface area contributed by atoms with Crippen molar-refractivity contribution in [2.75, 3.05) is 12.3 Å². The minimum Gasteiger partial charge on any atom is -0.354 e. The van der Waals surface area contributed by atoms with Crippen LogP contribution < -0.4 is 5.32 Å². The molecule has 2 aromatic carbocycles. The van der Waals surface area contributed by atoms with Crippen molar-refractivity contribution in [2.45, 2.75) is 39.1 Å². The van der Waals surface area contributed by atoms with Crippen molar-refractivity contribution in [1.29, 1.82) is 0 Å². The third-order valence-corrected chi connectivity index (χ3v) is 6.85.